The molecule has 0 aromatic heterocycles. The highest BCUT2D eigenvalue weighted by Gasteiger charge is 2.25. The summed E-state index contributed by atoms with van der Waals surface area (Å²) in [5.74, 6) is 0. The van der Waals surface area contributed by atoms with Crippen molar-refractivity contribution in [2.75, 3.05) is 11.4 Å². The van der Waals surface area contributed by atoms with Crippen LogP contribution in [0.25, 0.3) is 10.8 Å². The molecule has 2 aromatic carbocycles. The Kier molecular flexibility index (Phi) is 2.60. The summed E-state index contributed by atoms with van der Waals surface area (Å²) in [5.41, 5.74) is 2.51. The van der Waals surface area contributed by atoms with Gasteiger partial charge in [-0.15, -0.1) is 0 Å². The summed E-state index contributed by atoms with van der Waals surface area (Å²) in [6, 6.07) is 12.9. The molecule has 1 aliphatic heterocycles. The minimum Gasteiger partial charge on any atom is -0.332 e. The maximum atomic E-state index is 5.60. The van der Waals surface area contributed by atoms with Crippen LogP contribution in [0.4, 0.5) is 5.69 Å². The largest absolute Gasteiger partial charge is 0.332 e. The molecule has 0 fully saturated rings. The first-order valence-electron chi connectivity index (χ1n) is 6.16. The molecule has 0 aliphatic carbocycles. The summed E-state index contributed by atoms with van der Waals surface area (Å²) < 4.78 is 0. The summed E-state index contributed by atoms with van der Waals surface area (Å²) in [6.45, 7) is 3.25. The van der Waals surface area contributed by atoms with Gasteiger partial charge in [-0.05, 0) is 17.9 Å². The third-order valence-electron chi connectivity index (χ3n) is 3.38. The summed E-state index contributed by atoms with van der Waals surface area (Å²) in [5, 5.41) is 2.62. The number of benzene rings is 2. The Morgan fingerprint density at radius 3 is 2.65 bits per heavy atom. The molecule has 0 radical (unpaired) electrons. The Labute approximate surface area is 107 Å². The van der Waals surface area contributed by atoms with E-state index in [1.165, 1.54) is 34.9 Å². The lowest BCUT2D eigenvalue weighted by Gasteiger charge is -2.19. The fraction of sp³-hybridized carbons (Fsp3) is 0.267. The molecule has 0 atom stereocenters. The zero-order valence-corrected chi connectivity index (χ0v) is 10.8. The second kappa shape index (κ2) is 4.11. The molecule has 2 heteroatoms. The van der Waals surface area contributed by atoms with Gasteiger partial charge < -0.3 is 4.90 Å². The van der Waals surface area contributed by atoms with Gasteiger partial charge in [-0.3, -0.25) is 0 Å². The molecule has 17 heavy (non-hydrogen) atoms. The van der Waals surface area contributed by atoms with Crippen molar-refractivity contribution in [1.82, 2.24) is 0 Å². The molecule has 0 saturated carbocycles. The van der Waals surface area contributed by atoms with E-state index in [4.69, 9.17) is 12.2 Å². The van der Waals surface area contributed by atoms with Crippen molar-refractivity contribution in [3.05, 3.63) is 42.0 Å². The van der Waals surface area contributed by atoms with E-state index in [0.717, 1.165) is 11.5 Å². The minimum atomic E-state index is 0.991. The Morgan fingerprint density at radius 2 is 1.88 bits per heavy atom. The first-order chi connectivity index (χ1) is 8.33. The number of rotatable bonds is 3. The zero-order chi connectivity index (χ0) is 11.8. The Morgan fingerprint density at radius 1 is 1.12 bits per heavy atom. The molecular formula is C15H15NS. The second-order valence-corrected chi connectivity index (χ2v) is 4.88. The van der Waals surface area contributed by atoms with E-state index in [2.05, 4.69) is 48.2 Å². The molecule has 0 amide bonds. The van der Waals surface area contributed by atoms with Crippen LogP contribution in [0.1, 0.15) is 25.3 Å². The van der Waals surface area contributed by atoms with E-state index in [1.54, 1.807) is 0 Å². The van der Waals surface area contributed by atoms with Crippen molar-refractivity contribution in [2.45, 2.75) is 19.8 Å². The standard InChI is InChI=1S/C15H15NS/c1-2-3-10-16-13-9-5-7-11-6-4-8-12(14(11)13)15(16)17/h4-9H,2-3,10H2,1H3. The number of anilines is 1. The van der Waals surface area contributed by atoms with Gasteiger partial charge in [-0.25, -0.2) is 0 Å². The van der Waals surface area contributed by atoms with E-state index in [-0.39, 0.29) is 0 Å². The summed E-state index contributed by atoms with van der Waals surface area (Å²) >= 11 is 5.60. The van der Waals surface area contributed by atoms with Crippen LogP contribution in [-0.2, 0) is 0 Å². The Hall–Kier alpha value is -1.41. The predicted molar refractivity (Wildman–Crippen MR) is 77.9 cm³/mol. The number of thiocarbonyl (C=S) groups is 1. The Bertz CT molecular complexity index is 583. The number of unbranched alkanes of at least 4 members (excludes halogenated alkanes) is 1. The molecule has 86 valence electrons. The normalized spacial score (nSPS) is 13.7. The van der Waals surface area contributed by atoms with Gasteiger partial charge in [0, 0.05) is 17.5 Å². The van der Waals surface area contributed by atoms with Crippen LogP contribution in [0.5, 0.6) is 0 Å². The Balaban J connectivity index is 2.17. The minimum absolute atomic E-state index is 0.991. The van der Waals surface area contributed by atoms with Crippen molar-refractivity contribution in [3.63, 3.8) is 0 Å². The quantitative estimate of drug-likeness (QED) is 0.743. The molecule has 0 N–H and O–H groups in total. The average Bonchev–Trinajstić information content (AvgIpc) is 2.64. The topological polar surface area (TPSA) is 3.24 Å². The van der Waals surface area contributed by atoms with Crippen molar-refractivity contribution in [3.8, 4) is 0 Å². The molecule has 2 aromatic rings. The lowest BCUT2D eigenvalue weighted by atomic mass is 10.1. The van der Waals surface area contributed by atoms with E-state index in [9.17, 15) is 0 Å². The van der Waals surface area contributed by atoms with Gasteiger partial charge in [0.2, 0.25) is 0 Å². The van der Waals surface area contributed by atoms with Crippen LogP contribution >= 0.6 is 12.2 Å². The molecule has 0 saturated heterocycles. The van der Waals surface area contributed by atoms with E-state index in [1.807, 2.05) is 0 Å². The maximum Gasteiger partial charge on any atom is 0.114 e. The van der Waals surface area contributed by atoms with Crippen LogP contribution < -0.4 is 4.90 Å². The molecule has 0 spiro atoms. The molecule has 0 unspecified atom stereocenters. The molecule has 1 nitrogen and oxygen atoms in total. The van der Waals surface area contributed by atoms with Crippen LogP contribution in [0.2, 0.25) is 0 Å². The second-order valence-electron chi connectivity index (χ2n) is 4.49. The van der Waals surface area contributed by atoms with Crippen molar-refractivity contribution in [2.24, 2.45) is 0 Å². The van der Waals surface area contributed by atoms with E-state index in [0.29, 0.717) is 0 Å². The van der Waals surface area contributed by atoms with Crippen LogP contribution in [0.15, 0.2) is 36.4 Å². The van der Waals surface area contributed by atoms with Gasteiger partial charge >= 0.3 is 0 Å². The summed E-state index contributed by atoms with van der Waals surface area (Å²) in [4.78, 5) is 3.28. The lowest BCUT2D eigenvalue weighted by molar-refractivity contribution is 0.801. The lowest BCUT2D eigenvalue weighted by Crippen LogP contribution is -2.26. The molecule has 0 bridgehead atoms. The molecule has 3 rings (SSSR count). The van der Waals surface area contributed by atoms with Gasteiger partial charge in [-0.2, -0.15) is 0 Å². The average molecular weight is 241 g/mol. The smallest absolute Gasteiger partial charge is 0.114 e. The van der Waals surface area contributed by atoms with E-state index >= 15 is 0 Å². The zero-order valence-electron chi connectivity index (χ0n) is 9.94. The molecule has 1 heterocycles. The number of hydrogen-bond acceptors (Lipinski definition) is 1. The fourth-order valence-corrected chi connectivity index (χ4v) is 2.88. The number of nitrogens with zero attached hydrogens (tertiary/aromatic N) is 1. The highest BCUT2D eigenvalue weighted by Crippen LogP contribution is 2.37. The van der Waals surface area contributed by atoms with Crippen LogP contribution in [0.3, 0.4) is 0 Å². The van der Waals surface area contributed by atoms with Gasteiger partial charge in [0.25, 0.3) is 0 Å². The fourth-order valence-electron chi connectivity index (χ4n) is 2.52. The van der Waals surface area contributed by atoms with Crippen molar-refractivity contribution >= 4 is 33.7 Å². The predicted octanol–water partition coefficient (Wildman–Crippen LogP) is 4.14. The van der Waals surface area contributed by atoms with Crippen molar-refractivity contribution < 1.29 is 0 Å². The SMILES string of the molecule is CCCCN1C(=S)c2cccc3cccc1c23. The third kappa shape index (κ3) is 1.55. The third-order valence-corrected chi connectivity index (χ3v) is 3.82. The van der Waals surface area contributed by atoms with Crippen LogP contribution in [-0.4, -0.2) is 11.5 Å². The molecular weight excluding hydrogens is 226 g/mol. The highest BCUT2D eigenvalue weighted by atomic mass is 32.1. The summed E-state index contributed by atoms with van der Waals surface area (Å²) in [6.07, 6.45) is 2.38. The first-order valence-corrected chi connectivity index (χ1v) is 6.57. The summed E-state index contributed by atoms with van der Waals surface area (Å²) in [7, 11) is 0. The van der Waals surface area contributed by atoms with E-state index < -0.39 is 0 Å². The van der Waals surface area contributed by atoms with Gasteiger partial charge in [-0.1, -0.05) is 55.9 Å². The van der Waals surface area contributed by atoms with Gasteiger partial charge in [0.1, 0.15) is 4.99 Å². The monoisotopic (exact) mass is 241 g/mol. The number of hydrogen-bond donors (Lipinski definition) is 0. The van der Waals surface area contributed by atoms with Crippen LogP contribution in [0, 0.1) is 0 Å². The molecule has 1 aliphatic rings. The first kappa shape index (κ1) is 10.7. The van der Waals surface area contributed by atoms with Gasteiger partial charge in [0.15, 0.2) is 0 Å². The van der Waals surface area contributed by atoms with Gasteiger partial charge in [0.05, 0.1) is 5.69 Å². The maximum absolute atomic E-state index is 5.60. The van der Waals surface area contributed by atoms with Crippen molar-refractivity contribution in [1.29, 1.82) is 0 Å². The highest BCUT2D eigenvalue weighted by molar-refractivity contribution is 7.81.